The molecule has 0 fully saturated rings. The number of carbonyl (C=O) groups is 1. The zero-order valence-corrected chi connectivity index (χ0v) is 17.9. The van der Waals surface area contributed by atoms with Crippen LogP contribution in [0.2, 0.25) is 5.02 Å². The Kier molecular flexibility index (Phi) is 7.12. The minimum atomic E-state index is -0.566. The molecule has 3 rings (SSSR count). The Bertz CT molecular complexity index is 1140. The maximum Gasteiger partial charge on any atom is 0.266 e. The van der Waals surface area contributed by atoms with Crippen LogP contribution in [0.25, 0.3) is 6.08 Å². The lowest BCUT2D eigenvalue weighted by molar-refractivity contribution is -0.112. The molecule has 0 bridgehead atoms. The van der Waals surface area contributed by atoms with Gasteiger partial charge in [0.25, 0.3) is 5.91 Å². The second-order valence-electron chi connectivity index (χ2n) is 6.27. The van der Waals surface area contributed by atoms with Crippen LogP contribution < -0.4 is 10.1 Å². The Balaban J connectivity index is 1.82. The second kappa shape index (κ2) is 9.97. The van der Waals surface area contributed by atoms with Crippen molar-refractivity contribution in [1.29, 1.82) is 5.26 Å². The van der Waals surface area contributed by atoms with Crippen molar-refractivity contribution in [3.8, 4) is 17.6 Å². The quantitative estimate of drug-likeness (QED) is 0.258. The van der Waals surface area contributed by atoms with Gasteiger partial charge in [-0.15, -0.1) is 0 Å². The van der Waals surface area contributed by atoms with Crippen molar-refractivity contribution in [3.63, 3.8) is 0 Å². The largest absolute Gasteiger partial charge is 0.508 e. The number of hydrogen-bond acceptors (Lipinski definition) is 4. The number of amides is 1. The molecular formula is C23H16BrClN2O3. The average molecular weight is 484 g/mol. The molecule has 3 aromatic carbocycles. The van der Waals surface area contributed by atoms with Gasteiger partial charge in [0, 0.05) is 20.7 Å². The molecule has 0 saturated carbocycles. The van der Waals surface area contributed by atoms with Crippen LogP contribution in [0.15, 0.2) is 76.8 Å². The summed E-state index contributed by atoms with van der Waals surface area (Å²) in [5.41, 5.74) is 1.84. The lowest BCUT2D eigenvalue weighted by atomic mass is 10.1. The van der Waals surface area contributed by atoms with Gasteiger partial charge >= 0.3 is 0 Å². The van der Waals surface area contributed by atoms with Crippen molar-refractivity contribution in [2.24, 2.45) is 0 Å². The van der Waals surface area contributed by atoms with E-state index in [0.29, 0.717) is 22.0 Å². The highest BCUT2D eigenvalue weighted by atomic mass is 79.9. The number of ether oxygens (including phenoxy) is 1. The maximum atomic E-state index is 12.5. The van der Waals surface area contributed by atoms with Gasteiger partial charge in [0.2, 0.25) is 0 Å². The third-order valence-corrected chi connectivity index (χ3v) is 4.77. The topological polar surface area (TPSA) is 82.3 Å². The minimum absolute atomic E-state index is 0.0830. The predicted molar refractivity (Wildman–Crippen MR) is 120 cm³/mol. The van der Waals surface area contributed by atoms with Crippen molar-refractivity contribution in [2.45, 2.75) is 6.61 Å². The monoisotopic (exact) mass is 482 g/mol. The molecule has 0 radical (unpaired) electrons. The first-order chi connectivity index (χ1) is 14.4. The van der Waals surface area contributed by atoms with Crippen molar-refractivity contribution in [2.75, 3.05) is 5.32 Å². The molecule has 0 atom stereocenters. The number of hydrogen-bond donors (Lipinski definition) is 2. The van der Waals surface area contributed by atoms with Crippen LogP contribution in [0, 0.1) is 11.3 Å². The van der Waals surface area contributed by atoms with Crippen LogP contribution in [0.4, 0.5) is 5.69 Å². The van der Waals surface area contributed by atoms with E-state index in [9.17, 15) is 15.2 Å². The summed E-state index contributed by atoms with van der Waals surface area (Å²) in [6.07, 6.45) is 1.47. The summed E-state index contributed by atoms with van der Waals surface area (Å²) in [7, 11) is 0. The van der Waals surface area contributed by atoms with E-state index in [1.54, 1.807) is 30.3 Å². The molecule has 0 saturated heterocycles. The number of nitrogens with zero attached hydrogens (tertiary/aromatic N) is 1. The number of anilines is 1. The molecule has 150 valence electrons. The zero-order valence-electron chi connectivity index (χ0n) is 15.6. The summed E-state index contributed by atoms with van der Waals surface area (Å²) >= 11 is 9.41. The number of phenolic OH excluding ortho intramolecular Hbond substituents is 1. The van der Waals surface area contributed by atoms with Gasteiger partial charge in [-0.05, 0) is 66.2 Å². The van der Waals surface area contributed by atoms with Crippen LogP contribution in [0.1, 0.15) is 11.1 Å². The summed E-state index contributed by atoms with van der Waals surface area (Å²) in [5, 5.41) is 22.1. The molecular weight excluding hydrogens is 468 g/mol. The van der Waals surface area contributed by atoms with Crippen molar-refractivity contribution < 1.29 is 14.6 Å². The van der Waals surface area contributed by atoms with Crippen LogP contribution in [-0.4, -0.2) is 11.0 Å². The average Bonchev–Trinajstić information content (AvgIpc) is 2.73. The van der Waals surface area contributed by atoms with E-state index in [-0.39, 0.29) is 17.9 Å². The smallest absolute Gasteiger partial charge is 0.266 e. The number of rotatable bonds is 6. The second-order valence-corrected chi connectivity index (χ2v) is 7.62. The van der Waals surface area contributed by atoms with Crippen LogP contribution >= 0.6 is 27.5 Å². The van der Waals surface area contributed by atoms with Crippen molar-refractivity contribution in [3.05, 3.63) is 92.9 Å². The number of aromatic hydroxyl groups is 1. The first-order valence-corrected chi connectivity index (χ1v) is 10.0. The number of phenols is 1. The standard InChI is InChI=1S/C23H16BrClN2O3/c24-18-4-9-22(30-14-15-2-1-3-19(25)10-15)16(12-18)11-17(13-26)23(29)27-20-5-7-21(28)8-6-20/h1-12,28H,14H2,(H,27,29)/b17-11+. The van der Waals surface area contributed by atoms with Gasteiger partial charge in [0.1, 0.15) is 29.7 Å². The van der Waals surface area contributed by atoms with E-state index in [2.05, 4.69) is 21.2 Å². The van der Waals surface area contributed by atoms with Crippen molar-refractivity contribution >= 4 is 45.2 Å². The van der Waals surface area contributed by atoms with Crippen LogP contribution in [-0.2, 0) is 11.4 Å². The number of nitrogens with one attached hydrogen (secondary N) is 1. The fourth-order valence-electron chi connectivity index (χ4n) is 2.60. The first-order valence-electron chi connectivity index (χ1n) is 8.83. The molecule has 5 nitrogen and oxygen atoms in total. The van der Waals surface area contributed by atoms with E-state index in [0.717, 1.165) is 10.0 Å². The Labute approximate surface area is 187 Å². The van der Waals surface area contributed by atoms with Gasteiger partial charge < -0.3 is 15.2 Å². The van der Waals surface area contributed by atoms with Gasteiger partial charge in [-0.3, -0.25) is 4.79 Å². The molecule has 30 heavy (non-hydrogen) atoms. The predicted octanol–water partition coefficient (Wildman–Crippen LogP) is 5.93. The Morgan fingerprint density at radius 3 is 2.63 bits per heavy atom. The van der Waals surface area contributed by atoms with Gasteiger partial charge in [0.05, 0.1) is 0 Å². The SMILES string of the molecule is N#C/C(=C\c1cc(Br)ccc1OCc1cccc(Cl)c1)C(=O)Nc1ccc(O)cc1. The van der Waals surface area contributed by atoms with E-state index in [1.807, 2.05) is 30.3 Å². The Morgan fingerprint density at radius 1 is 1.17 bits per heavy atom. The first kappa shape index (κ1) is 21.4. The molecule has 0 unspecified atom stereocenters. The molecule has 3 aromatic rings. The summed E-state index contributed by atoms with van der Waals surface area (Å²) in [5.74, 6) is 0.0343. The van der Waals surface area contributed by atoms with E-state index < -0.39 is 5.91 Å². The number of halogens is 2. The summed E-state index contributed by atoms with van der Waals surface area (Å²) < 4.78 is 6.67. The molecule has 1 amide bonds. The number of benzene rings is 3. The zero-order chi connectivity index (χ0) is 21.5. The lowest BCUT2D eigenvalue weighted by Crippen LogP contribution is -2.13. The highest BCUT2D eigenvalue weighted by Crippen LogP contribution is 2.27. The molecule has 0 aliphatic carbocycles. The minimum Gasteiger partial charge on any atom is -0.508 e. The molecule has 2 N–H and O–H groups in total. The van der Waals surface area contributed by atoms with E-state index >= 15 is 0 Å². The molecule has 0 spiro atoms. The van der Waals surface area contributed by atoms with Crippen LogP contribution in [0.3, 0.4) is 0 Å². The number of carbonyl (C=O) groups excluding carboxylic acids is 1. The molecule has 7 heteroatoms. The molecule has 0 aliphatic heterocycles. The highest BCUT2D eigenvalue weighted by Gasteiger charge is 2.12. The van der Waals surface area contributed by atoms with E-state index in [1.165, 1.54) is 18.2 Å². The highest BCUT2D eigenvalue weighted by molar-refractivity contribution is 9.10. The maximum absolute atomic E-state index is 12.5. The van der Waals surface area contributed by atoms with Crippen LogP contribution in [0.5, 0.6) is 11.5 Å². The molecule has 0 heterocycles. The van der Waals surface area contributed by atoms with Gasteiger partial charge in [-0.25, -0.2) is 0 Å². The fraction of sp³-hybridized carbons (Fsp3) is 0.0435. The lowest BCUT2D eigenvalue weighted by Gasteiger charge is -2.11. The normalized spacial score (nSPS) is 10.9. The summed E-state index contributed by atoms with van der Waals surface area (Å²) in [6, 6.07) is 20.6. The summed E-state index contributed by atoms with van der Waals surface area (Å²) in [4.78, 5) is 12.5. The van der Waals surface area contributed by atoms with E-state index in [4.69, 9.17) is 16.3 Å². The van der Waals surface area contributed by atoms with Crippen molar-refractivity contribution in [1.82, 2.24) is 0 Å². The summed E-state index contributed by atoms with van der Waals surface area (Å²) in [6.45, 7) is 0.282. The fourth-order valence-corrected chi connectivity index (χ4v) is 3.19. The Hall–Kier alpha value is -3.27. The third kappa shape index (κ3) is 5.86. The van der Waals surface area contributed by atoms with Gasteiger partial charge in [-0.2, -0.15) is 5.26 Å². The molecule has 0 aromatic heterocycles. The third-order valence-electron chi connectivity index (χ3n) is 4.05. The van der Waals surface area contributed by atoms with Gasteiger partial charge in [0.15, 0.2) is 0 Å². The number of nitriles is 1. The molecule has 0 aliphatic rings. The van der Waals surface area contributed by atoms with Gasteiger partial charge in [-0.1, -0.05) is 39.7 Å². The Morgan fingerprint density at radius 2 is 1.93 bits per heavy atom.